The summed E-state index contributed by atoms with van der Waals surface area (Å²) < 4.78 is 1.38. The van der Waals surface area contributed by atoms with Gasteiger partial charge in [-0.3, -0.25) is 9.59 Å². The molecule has 110 valence electrons. The summed E-state index contributed by atoms with van der Waals surface area (Å²) in [6, 6.07) is 7.13. The Kier molecular flexibility index (Phi) is 3.47. The first-order chi connectivity index (χ1) is 10.1. The first kappa shape index (κ1) is 13.4. The Labute approximate surface area is 120 Å². The van der Waals surface area contributed by atoms with Crippen LogP contribution in [0.2, 0.25) is 0 Å². The monoisotopic (exact) mass is 288 g/mol. The summed E-state index contributed by atoms with van der Waals surface area (Å²) in [5.41, 5.74) is -0.0229. The highest BCUT2D eigenvalue weighted by Gasteiger charge is 2.22. The van der Waals surface area contributed by atoms with Crippen molar-refractivity contribution in [3.63, 3.8) is 0 Å². The molecule has 1 fully saturated rings. The highest BCUT2D eigenvalue weighted by atomic mass is 16.2. The number of urea groups is 1. The van der Waals surface area contributed by atoms with Crippen LogP contribution in [0.15, 0.2) is 33.9 Å². The molecule has 0 bridgehead atoms. The van der Waals surface area contributed by atoms with Crippen molar-refractivity contribution in [1.29, 1.82) is 0 Å². The van der Waals surface area contributed by atoms with E-state index in [1.165, 1.54) is 4.57 Å². The predicted molar refractivity (Wildman–Crippen MR) is 78.4 cm³/mol. The maximum Gasteiger partial charge on any atom is 0.316 e. The van der Waals surface area contributed by atoms with E-state index in [4.69, 9.17) is 0 Å². The molecule has 1 saturated carbocycles. The van der Waals surface area contributed by atoms with Crippen LogP contribution in [0.25, 0.3) is 11.0 Å². The summed E-state index contributed by atoms with van der Waals surface area (Å²) in [4.78, 5) is 37.6. The second-order valence-electron chi connectivity index (χ2n) is 5.10. The number of benzene rings is 1. The molecule has 2 aromatic rings. The third-order valence-electron chi connectivity index (χ3n) is 3.42. The van der Waals surface area contributed by atoms with Gasteiger partial charge < -0.3 is 20.2 Å². The Morgan fingerprint density at radius 1 is 1.29 bits per heavy atom. The summed E-state index contributed by atoms with van der Waals surface area (Å²) in [6.45, 7) is 0.535. The first-order valence-corrected chi connectivity index (χ1v) is 6.91. The zero-order valence-electron chi connectivity index (χ0n) is 11.4. The van der Waals surface area contributed by atoms with Gasteiger partial charge in [0.2, 0.25) is 0 Å². The van der Waals surface area contributed by atoms with Gasteiger partial charge in [0.15, 0.2) is 0 Å². The molecule has 0 atom stereocenters. The Hall–Kier alpha value is -2.57. The lowest BCUT2D eigenvalue weighted by atomic mass is 10.3. The van der Waals surface area contributed by atoms with Crippen molar-refractivity contribution in [2.45, 2.75) is 25.4 Å². The van der Waals surface area contributed by atoms with Crippen LogP contribution in [0.5, 0.6) is 0 Å². The summed E-state index contributed by atoms with van der Waals surface area (Å²) in [6.07, 6.45) is 2.04. The minimum absolute atomic E-state index is 0.236. The molecule has 1 aliphatic carbocycles. The molecular weight excluding hydrogens is 272 g/mol. The Morgan fingerprint density at radius 2 is 2.05 bits per heavy atom. The van der Waals surface area contributed by atoms with E-state index in [0.29, 0.717) is 11.0 Å². The zero-order chi connectivity index (χ0) is 14.8. The molecule has 21 heavy (non-hydrogen) atoms. The van der Waals surface area contributed by atoms with Crippen LogP contribution >= 0.6 is 0 Å². The van der Waals surface area contributed by atoms with Crippen molar-refractivity contribution in [3.8, 4) is 0 Å². The topological polar surface area (TPSA) is 96.0 Å². The lowest BCUT2D eigenvalue weighted by Crippen LogP contribution is -2.41. The van der Waals surface area contributed by atoms with Crippen LogP contribution < -0.4 is 21.8 Å². The number of carbonyl (C=O) groups is 1. The van der Waals surface area contributed by atoms with Crippen LogP contribution in [0.3, 0.4) is 0 Å². The van der Waals surface area contributed by atoms with Gasteiger partial charge in [-0.15, -0.1) is 0 Å². The molecule has 1 aromatic carbocycles. The van der Waals surface area contributed by atoms with E-state index < -0.39 is 11.1 Å². The number of fused-ring (bicyclic) bond motifs is 1. The quantitative estimate of drug-likeness (QED) is 0.699. The van der Waals surface area contributed by atoms with Crippen molar-refractivity contribution in [2.75, 3.05) is 6.54 Å². The lowest BCUT2D eigenvalue weighted by Gasteiger charge is -2.10. The second-order valence-corrected chi connectivity index (χ2v) is 5.10. The lowest BCUT2D eigenvalue weighted by molar-refractivity contribution is 0.240. The molecule has 7 nitrogen and oxygen atoms in total. The van der Waals surface area contributed by atoms with E-state index in [1.54, 1.807) is 24.3 Å². The molecule has 1 aromatic heterocycles. The number of aromatic nitrogens is 2. The van der Waals surface area contributed by atoms with Crippen LogP contribution in [0, 0.1) is 0 Å². The Balaban J connectivity index is 1.76. The van der Waals surface area contributed by atoms with Gasteiger partial charge in [0.05, 0.1) is 11.0 Å². The third-order valence-corrected chi connectivity index (χ3v) is 3.42. The number of carbonyl (C=O) groups excluding carboxylic acids is 1. The van der Waals surface area contributed by atoms with E-state index in [1.807, 2.05) is 0 Å². The predicted octanol–water partition coefficient (Wildman–Crippen LogP) is 0.151. The fourth-order valence-electron chi connectivity index (χ4n) is 2.19. The van der Waals surface area contributed by atoms with E-state index in [0.717, 1.165) is 12.8 Å². The Morgan fingerprint density at radius 3 is 2.81 bits per heavy atom. The van der Waals surface area contributed by atoms with E-state index in [-0.39, 0.29) is 25.2 Å². The number of amides is 2. The standard InChI is InChI=1S/C14H16N4O3/c19-12-13(20)18(11-4-2-1-3-10(11)17-12)8-7-15-14(21)16-9-5-6-9/h1-4,9H,5-8H2,(H,17,19)(H2,15,16,21). The molecule has 0 spiro atoms. The van der Waals surface area contributed by atoms with Crippen LogP contribution in [-0.4, -0.2) is 28.2 Å². The van der Waals surface area contributed by atoms with Crippen molar-refractivity contribution < 1.29 is 4.79 Å². The molecule has 3 rings (SSSR count). The van der Waals surface area contributed by atoms with Crippen LogP contribution in [0.1, 0.15) is 12.8 Å². The minimum atomic E-state index is -0.656. The molecule has 0 radical (unpaired) electrons. The van der Waals surface area contributed by atoms with Crippen molar-refractivity contribution >= 4 is 17.1 Å². The molecule has 1 heterocycles. The van der Waals surface area contributed by atoms with Gasteiger partial charge in [-0.25, -0.2) is 4.79 Å². The number of nitrogens with one attached hydrogen (secondary N) is 3. The van der Waals surface area contributed by atoms with Gasteiger partial charge in [-0.05, 0) is 25.0 Å². The fraction of sp³-hybridized carbons (Fsp3) is 0.357. The molecule has 0 unspecified atom stereocenters. The van der Waals surface area contributed by atoms with E-state index >= 15 is 0 Å². The summed E-state index contributed by atoms with van der Waals surface area (Å²) in [5, 5.41) is 5.49. The average molecular weight is 288 g/mol. The van der Waals surface area contributed by atoms with Gasteiger partial charge in [-0.2, -0.15) is 0 Å². The van der Waals surface area contributed by atoms with Crippen LogP contribution in [-0.2, 0) is 6.54 Å². The maximum atomic E-state index is 11.9. The Bertz CT molecular complexity index is 789. The number of para-hydroxylation sites is 2. The number of rotatable bonds is 4. The van der Waals surface area contributed by atoms with E-state index in [9.17, 15) is 14.4 Å². The number of hydrogen-bond donors (Lipinski definition) is 3. The fourth-order valence-corrected chi connectivity index (χ4v) is 2.19. The van der Waals surface area contributed by atoms with Gasteiger partial charge in [0, 0.05) is 19.1 Å². The van der Waals surface area contributed by atoms with Gasteiger partial charge in [-0.1, -0.05) is 12.1 Å². The molecule has 7 heteroatoms. The molecule has 1 aliphatic rings. The number of nitrogens with zero attached hydrogens (tertiary/aromatic N) is 1. The molecule has 2 amide bonds. The number of hydrogen-bond acceptors (Lipinski definition) is 3. The maximum absolute atomic E-state index is 11.9. The van der Waals surface area contributed by atoms with Gasteiger partial charge in [0.1, 0.15) is 0 Å². The number of H-pyrrole nitrogens is 1. The molecule has 0 saturated heterocycles. The highest BCUT2D eigenvalue weighted by molar-refractivity contribution is 5.75. The normalized spacial score (nSPS) is 14.1. The zero-order valence-corrected chi connectivity index (χ0v) is 11.4. The molecular formula is C14H16N4O3. The molecule has 3 N–H and O–H groups in total. The molecule has 0 aliphatic heterocycles. The van der Waals surface area contributed by atoms with Crippen molar-refractivity contribution in [2.24, 2.45) is 0 Å². The summed E-state index contributed by atoms with van der Waals surface area (Å²) >= 11 is 0. The van der Waals surface area contributed by atoms with Gasteiger partial charge >= 0.3 is 17.1 Å². The third kappa shape index (κ3) is 2.96. The summed E-state index contributed by atoms with van der Waals surface area (Å²) in [5.74, 6) is 0. The smallest absolute Gasteiger partial charge is 0.316 e. The SMILES string of the molecule is O=C(NCCn1c(=O)c(=O)[nH]c2ccccc21)NC1CC1. The second kappa shape index (κ2) is 5.43. The largest absolute Gasteiger partial charge is 0.336 e. The highest BCUT2D eigenvalue weighted by Crippen LogP contribution is 2.18. The van der Waals surface area contributed by atoms with Crippen molar-refractivity contribution in [1.82, 2.24) is 20.2 Å². The van der Waals surface area contributed by atoms with Crippen molar-refractivity contribution in [3.05, 3.63) is 45.0 Å². The van der Waals surface area contributed by atoms with Crippen LogP contribution in [0.4, 0.5) is 4.79 Å². The minimum Gasteiger partial charge on any atom is -0.336 e. The average Bonchev–Trinajstić information content (AvgIpc) is 3.27. The number of aromatic amines is 1. The van der Waals surface area contributed by atoms with Gasteiger partial charge in [0.25, 0.3) is 0 Å². The van der Waals surface area contributed by atoms with E-state index in [2.05, 4.69) is 15.6 Å². The first-order valence-electron chi connectivity index (χ1n) is 6.91. The summed E-state index contributed by atoms with van der Waals surface area (Å²) in [7, 11) is 0.